The Morgan fingerprint density at radius 1 is 1.00 bits per heavy atom. The van der Waals surface area contributed by atoms with Crippen molar-refractivity contribution in [1.29, 1.82) is 0 Å². The zero-order valence-corrected chi connectivity index (χ0v) is 13.3. The van der Waals surface area contributed by atoms with Crippen molar-refractivity contribution in [3.8, 4) is 17.2 Å². The van der Waals surface area contributed by atoms with Gasteiger partial charge < -0.3 is 9.47 Å². The van der Waals surface area contributed by atoms with Crippen LogP contribution in [0.15, 0.2) is 48.5 Å². The summed E-state index contributed by atoms with van der Waals surface area (Å²) >= 11 is 5.88. The highest BCUT2D eigenvalue weighted by atomic mass is 35.5. The van der Waals surface area contributed by atoms with Crippen LogP contribution >= 0.6 is 11.6 Å². The van der Waals surface area contributed by atoms with Crippen LogP contribution in [0.3, 0.4) is 0 Å². The van der Waals surface area contributed by atoms with E-state index in [4.69, 9.17) is 21.1 Å². The SMILES string of the molecule is CCC(Oc1ccccc1Oc1ccc(Cl)cc1)N(C)C. The second-order valence-corrected chi connectivity index (χ2v) is 5.38. The Morgan fingerprint density at radius 3 is 2.19 bits per heavy atom. The van der Waals surface area contributed by atoms with Crippen LogP contribution < -0.4 is 9.47 Å². The summed E-state index contributed by atoms with van der Waals surface area (Å²) in [5, 5.41) is 0.686. The molecule has 4 heteroatoms. The van der Waals surface area contributed by atoms with Gasteiger partial charge in [-0.05, 0) is 56.9 Å². The minimum Gasteiger partial charge on any atom is -0.471 e. The normalized spacial score (nSPS) is 12.2. The van der Waals surface area contributed by atoms with E-state index < -0.39 is 0 Å². The number of hydrogen-bond acceptors (Lipinski definition) is 3. The first-order valence-electron chi connectivity index (χ1n) is 6.95. The number of ether oxygens (including phenoxy) is 2. The van der Waals surface area contributed by atoms with Crippen LogP contribution in [-0.4, -0.2) is 25.2 Å². The minimum atomic E-state index is 0.0139. The lowest BCUT2D eigenvalue weighted by molar-refractivity contribution is 0.0591. The fraction of sp³-hybridized carbons (Fsp3) is 0.294. The Balaban J connectivity index is 2.18. The van der Waals surface area contributed by atoms with Gasteiger partial charge in [-0.3, -0.25) is 4.90 Å². The fourth-order valence-corrected chi connectivity index (χ4v) is 2.09. The molecule has 0 bridgehead atoms. The molecule has 112 valence electrons. The summed E-state index contributed by atoms with van der Waals surface area (Å²) in [6.45, 7) is 2.09. The van der Waals surface area contributed by atoms with Crippen molar-refractivity contribution in [3.63, 3.8) is 0 Å². The van der Waals surface area contributed by atoms with Crippen LogP contribution in [0.2, 0.25) is 5.02 Å². The van der Waals surface area contributed by atoms with Gasteiger partial charge in [0.05, 0.1) is 0 Å². The zero-order chi connectivity index (χ0) is 15.2. The van der Waals surface area contributed by atoms with E-state index in [9.17, 15) is 0 Å². The number of benzene rings is 2. The Bertz CT molecular complexity index is 569. The third kappa shape index (κ3) is 4.38. The smallest absolute Gasteiger partial charge is 0.169 e. The molecule has 0 aliphatic heterocycles. The monoisotopic (exact) mass is 305 g/mol. The molecule has 0 spiro atoms. The lowest BCUT2D eigenvalue weighted by atomic mass is 10.3. The molecule has 0 aliphatic rings. The van der Waals surface area contributed by atoms with E-state index in [0.29, 0.717) is 10.8 Å². The molecule has 0 heterocycles. The molecule has 2 aromatic rings. The van der Waals surface area contributed by atoms with E-state index in [1.165, 1.54) is 0 Å². The molecule has 0 saturated carbocycles. The average molecular weight is 306 g/mol. The van der Waals surface area contributed by atoms with Gasteiger partial charge >= 0.3 is 0 Å². The molecule has 0 N–H and O–H groups in total. The van der Waals surface area contributed by atoms with Crippen LogP contribution in [-0.2, 0) is 0 Å². The number of halogens is 1. The largest absolute Gasteiger partial charge is 0.471 e. The molecule has 0 saturated heterocycles. The molecule has 0 radical (unpaired) electrons. The van der Waals surface area contributed by atoms with Crippen LogP contribution in [0, 0.1) is 0 Å². The Labute approximate surface area is 131 Å². The van der Waals surface area contributed by atoms with Gasteiger partial charge in [-0.25, -0.2) is 0 Å². The first kappa shape index (κ1) is 15.7. The van der Waals surface area contributed by atoms with Crippen LogP contribution in [0.5, 0.6) is 17.2 Å². The Kier molecular flexibility index (Phi) is 5.48. The maximum absolute atomic E-state index is 6.03. The highest BCUT2D eigenvalue weighted by Crippen LogP contribution is 2.32. The summed E-state index contributed by atoms with van der Waals surface area (Å²) in [6.07, 6.45) is 0.905. The predicted octanol–water partition coefficient (Wildman–Crippen LogP) is 4.81. The first-order chi connectivity index (χ1) is 10.1. The quantitative estimate of drug-likeness (QED) is 0.715. The molecule has 2 rings (SSSR count). The lowest BCUT2D eigenvalue weighted by Gasteiger charge is -2.25. The van der Waals surface area contributed by atoms with E-state index in [-0.39, 0.29) is 6.23 Å². The van der Waals surface area contributed by atoms with Gasteiger partial charge in [0.1, 0.15) is 5.75 Å². The summed E-state index contributed by atoms with van der Waals surface area (Å²) < 4.78 is 11.9. The number of para-hydroxylation sites is 2. The van der Waals surface area contributed by atoms with Gasteiger partial charge in [0.15, 0.2) is 17.7 Å². The standard InChI is InChI=1S/C17H20ClNO2/c1-4-17(19(2)3)21-16-8-6-5-7-15(16)20-14-11-9-13(18)10-12-14/h5-12,17H,4H2,1-3H3. The van der Waals surface area contributed by atoms with Gasteiger partial charge in [0, 0.05) is 5.02 Å². The van der Waals surface area contributed by atoms with E-state index in [1.807, 2.05) is 55.4 Å². The Morgan fingerprint density at radius 2 is 1.62 bits per heavy atom. The van der Waals surface area contributed by atoms with Crippen LogP contribution in [0.1, 0.15) is 13.3 Å². The van der Waals surface area contributed by atoms with Gasteiger partial charge in [0.25, 0.3) is 0 Å². The summed E-state index contributed by atoms with van der Waals surface area (Å²) in [7, 11) is 3.99. The zero-order valence-electron chi connectivity index (χ0n) is 12.5. The minimum absolute atomic E-state index is 0.0139. The summed E-state index contributed by atoms with van der Waals surface area (Å²) in [5.74, 6) is 2.15. The number of hydrogen-bond donors (Lipinski definition) is 0. The van der Waals surface area contributed by atoms with Crippen LogP contribution in [0.4, 0.5) is 0 Å². The molecule has 2 aromatic carbocycles. The molecule has 0 fully saturated rings. The number of nitrogens with zero attached hydrogens (tertiary/aromatic N) is 1. The van der Waals surface area contributed by atoms with E-state index in [1.54, 1.807) is 12.1 Å². The van der Waals surface area contributed by atoms with E-state index >= 15 is 0 Å². The summed E-state index contributed by atoms with van der Waals surface area (Å²) in [4.78, 5) is 2.04. The van der Waals surface area contributed by atoms with Gasteiger partial charge in [-0.1, -0.05) is 30.7 Å². The maximum atomic E-state index is 6.03. The molecule has 1 atom stereocenters. The van der Waals surface area contributed by atoms with Gasteiger partial charge in [-0.15, -0.1) is 0 Å². The van der Waals surface area contributed by atoms with Crippen molar-refractivity contribution in [2.75, 3.05) is 14.1 Å². The molecule has 0 amide bonds. The van der Waals surface area contributed by atoms with Crippen molar-refractivity contribution in [2.24, 2.45) is 0 Å². The van der Waals surface area contributed by atoms with Gasteiger partial charge in [0.2, 0.25) is 0 Å². The average Bonchev–Trinajstić information content (AvgIpc) is 2.48. The number of rotatable bonds is 6. The van der Waals surface area contributed by atoms with Gasteiger partial charge in [-0.2, -0.15) is 0 Å². The Hall–Kier alpha value is -1.71. The molecular formula is C17H20ClNO2. The van der Waals surface area contributed by atoms with Crippen molar-refractivity contribution in [2.45, 2.75) is 19.6 Å². The van der Waals surface area contributed by atoms with E-state index in [0.717, 1.165) is 17.9 Å². The lowest BCUT2D eigenvalue weighted by Crippen LogP contribution is -2.32. The molecule has 21 heavy (non-hydrogen) atoms. The molecule has 0 aromatic heterocycles. The highest BCUT2D eigenvalue weighted by molar-refractivity contribution is 6.30. The first-order valence-corrected chi connectivity index (χ1v) is 7.33. The third-order valence-electron chi connectivity index (χ3n) is 3.08. The maximum Gasteiger partial charge on any atom is 0.169 e. The summed E-state index contributed by atoms with van der Waals surface area (Å²) in [6, 6.07) is 14.9. The third-order valence-corrected chi connectivity index (χ3v) is 3.33. The second kappa shape index (κ2) is 7.34. The predicted molar refractivity (Wildman–Crippen MR) is 86.4 cm³/mol. The highest BCUT2D eigenvalue weighted by Gasteiger charge is 2.14. The second-order valence-electron chi connectivity index (χ2n) is 4.95. The molecular weight excluding hydrogens is 286 g/mol. The van der Waals surface area contributed by atoms with Crippen molar-refractivity contribution < 1.29 is 9.47 Å². The van der Waals surface area contributed by atoms with Crippen molar-refractivity contribution in [3.05, 3.63) is 53.6 Å². The topological polar surface area (TPSA) is 21.7 Å². The van der Waals surface area contributed by atoms with Crippen molar-refractivity contribution in [1.82, 2.24) is 4.90 Å². The molecule has 3 nitrogen and oxygen atoms in total. The summed E-state index contributed by atoms with van der Waals surface area (Å²) in [5.41, 5.74) is 0. The van der Waals surface area contributed by atoms with Crippen LogP contribution in [0.25, 0.3) is 0 Å². The molecule has 1 unspecified atom stereocenters. The fourth-order valence-electron chi connectivity index (χ4n) is 1.96. The van der Waals surface area contributed by atoms with E-state index in [2.05, 4.69) is 6.92 Å². The molecule has 0 aliphatic carbocycles. The van der Waals surface area contributed by atoms with Crippen molar-refractivity contribution >= 4 is 11.6 Å².